The highest BCUT2D eigenvalue weighted by Crippen LogP contribution is 2.22. The Hall–Kier alpha value is -2.76. The molecule has 6 heteroatoms. The molecule has 5 nitrogen and oxygen atoms in total. The van der Waals surface area contributed by atoms with E-state index in [1.807, 2.05) is 0 Å². The zero-order chi connectivity index (χ0) is 13.8. The van der Waals surface area contributed by atoms with Crippen LogP contribution in [-0.2, 0) is 0 Å². The Labute approximate surface area is 113 Å². The number of nitrogens with zero attached hydrogens (tertiary/aromatic N) is 2. The minimum Gasteiger partial charge on any atom is -0.360 e. The van der Waals surface area contributed by atoms with Gasteiger partial charge in [-0.3, -0.25) is 4.79 Å². The number of allylic oxidation sites excluding steroid dienone is 1. The summed E-state index contributed by atoms with van der Waals surface area (Å²) >= 11 is 5.97. The van der Waals surface area contributed by atoms with Crippen LogP contribution < -0.4 is 10.9 Å². The molecule has 1 heterocycles. The first-order valence-corrected chi connectivity index (χ1v) is 5.61. The quantitative estimate of drug-likeness (QED) is 0.820. The highest BCUT2D eigenvalue weighted by Gasteiger charge is 2.03. The SMILES string of the molecule is N#CC(C#N)=CNc1ccc2c(Cl)c[nH]c(=O)c2c1. The van der Waals surface area contributed by atoms with Crippen molar-refractivity contribution in [2.75, 3.05) is 5.32 Å². The number of rotatable bonds is 2. The third kappa shape index (κ3) is 2.57. The summed E-state index contributed by atoms with van der Waals surface area (Å²) in [5.74, 6) is 0. The smallest absolute Gasteiger partial charge is 0.255 e. The number of nitriles is 2. The first kappa shape index (κ1) is 12.7. The van der Waals surface area contributed by atoms with Gasteiger partial charge in [-0.15, -0.1) is 0 Å². The molecule has 1 aromatic carbocycles. The van der Waals surface area contributed by atoms with Crippen LogP contribution in [0.15, 0.2) is 41.0 Å². The lowest BCUT2D eigenvalue weighted by molar-refractivity contribution is 1.28. The number of benzene rings is 1. The first-order chi connectivity index (χ1) is 9.15. The Bertz CT molecular complexity index is 792. The summed E-state index contributed by atoms with van der Waals surface area (Å²) in [7, 11) is 0. The maximum Gasteiger partial charge on any atom is 0.255 e. The monoisotopic (exact) mass is 270 g/mol. The van der Waals surface area contributed by atoms with Crippen molar-refractivity contribution in [3.63, 3.8) is 0 Å². The molecule has 0 atom stereocenters. The lowest BCUT2D eigenvalue weighted by Gasteiger charge is -2.04. The van der Waals surface area contributed by atoms with E-state index in [1.54, 1.807) is 30.3 Å². The molecule has 19 heavy (non-hydrogen) atoms. The Morgan fingerprint density at radius 2 is 2.05 bits per heavy atom. The van der Waals surface area contributed by atoms with Crippen LogP contribution in [0.4, 0.5) is 5.69 Å². The van der Waals surface area contributed by atoms with Gasteiger partial charge in [-0.1, -0.05) is 17.7 Å². The maximum atomic E-state index is 11.7. The van der Waals surface area contributed by atoms with E-state index in [1.165, 1.54) is 12.4 Å². The largest absolute Gasteiger partial charge is 0.360 e. The summed E-state index contributed by atoms with van der Waals surface area (Å²) in [5, 5.41) is 21.5. The van der Waals surface area contributed by atoms with Gasteiger partial charge in [0.15, 0.2) is 0 Å². The third-order valence-corrected chi connectivity index (χ3v) is 2.79. The fourth-order valence-corrected chi connectivity index (χ4v) is 1.78. The normalized spacial score (nSPS) is 9.42. The lowest BCUT2D eigenvalue weighted by Crippen LogP contribution is -2.05. The molecular formula is C13H7ClN4O. The molecule has 92 valence electrons. The van der Waals surface area contributed by atoms with Crippen LogP contribution in [0.1, 0.15) is 0 Å². The van der Waals surface area contributed by atoms with E-state index < -0.39 is 0 Å². The van der Waals surface area contributed by atoms with Gasteiger partial charge in [0, 0.05) is 23.5 Å². The van der Waals surface area contributed by atoms with Crippen molar-refractivity contribution in [3.8, 4) is 12.1 Å². The molecule has 0 amide bonds. The zero-order valence-electron chi connectivity index (χ0n) is 9.57. The summed E-state index contributed by atoms with van der Waals surface area (Å²) in [4.78, 5) is 14.2. The molecule has 2 aromatic rings. The van der Waals surface area contributed by atoms with Crippen LogP contribution in [0.5, 0.6) is 0 Å². The van der Waals surface area contributed by atoms with Gasteiger partial charge in [-0.2, -0.15) is 10.5 Å². The average molecular weight is 271 g/mol. The van der Waals surface area contributed by atoms with Gasteiger partial charge in [0.2, 0.25) is 0 Å². The number of hydrogen-bond donors (Lipinski definition) is 2. The van der Waals surface area contributed by atoms with Crippen LogP contribution in [0.2, 0.25) is 5.02 Å². The number of H-pyrrole nitrogens is 1. The number of nitrogens with one attached hydrogen (secondary N) is 2. The van der Waals surface area contributed by atoms with E-state index in [0.29, 0.717) is 21.5 Å². The zero-order valence-corrected chi connectivity index (χ0v) is 10.3. The van der Waals surface area contributed by atoms with Crippen LogP contribution in [0.3, 0.4) is 0 Å². The topological polar surface area (TPSA) is 92.5 Å². The van der Waals surface area contributed by atoms with Gasteiger partial charge in [-0.25, -0.2) is 0 Å². The van der Waals surface area contributed by atoms with Gasteiger partial charge in [-0.05, 0) is 12.1 Å². The highest BCUT2D eigenvalue weighted by atomic mass is 35.5. The summed E-state index contributed by atoms with van der Waals surface area (Å²) in [6.07, 6.45) is 2.71. The molecule has 2 N–H and O–H groups in total. The highest BCUT2D eigenvalue weighted by molar-refractivity contribution is 6.35. The second-order valence-electron chi connectivity index (χ2n) is 3.65. The summed E-state index contributed by atoms with van der Waals surface area (Å²) < 4.78 is 0. The summed E-state index contributed by atoms with van der Waals surface area (Å²) in [6, 6.07) is 8.46. The van der Waals surface area contributed by atoms with Gasteiger partial charge in [0.1, 0.15) is 17.7 Å². The maximum absolute atomic E-state index is 11.7. The molecule has 0 radical (unpaired) electrons. The van der Waals surface area contributed by atoms with E-state index in [9.17, 15) is 4.79 Å². The molecular weight excluding hydrogens is 264 g/mol. The number of pyridine rings is 1. The van der Waals surface area contributed by atoms with Crippen molar-refractivity contribution in [2.45, 2.75) is 0 Å². The number of anilines is 1. The van der Waals surface area contributed by atoms with E-state index in [0.717, 1.165) is 0 Å². The molecule has 0 bridgehead atoms. The predicted octanol–water partition coefficient (Wildman–Crippen LogP) is 2.52. The van der Waals surface area contributed by atoms with Gasteiger partial charge < -0.3 is 10.3 Å². The van der Waals surface area contributed by atoms with Crippen LogP contribution in [0.25, 0.3) is 10.8 Å². The number of halogens is 1. The number of fused-ring (bicyclic) bond motifs is 1. The number of aromatic amines is 1. The van der Waals surface area contributed by atoms with Gasteiger partial charge in [0.05, 0.1) is 10.4 Å². The Balaban J connectivity index is 2.47. The van der Waals surface area contributed by atoms with E-state index in [-0.39, 0.29) is 11.1 Å². The molecule has 0 aliphatic rings. The van der Waals surface area contributed by atoms with Crippen molar-refractivity contribution in [3.05, 3.63) is 51.5 Å². The van der Waals surface area contributed by atoms with Gasteiger partial charge in [0.25, 0.3) is 5.56 Å². The summed E-state index contributed by atoms with van der Waals surface area (Å²) in [5.41, 5.74) is 0.274. The minimum atomic E-state index is -0.257. The van der Waals surface area contributed by atoms with E-state index in [4.69, 9.17) is 22.1 Å². The predicted molar refractivity (Wildman–Crippen MR) is 72.5 cm³/mol. The molecule has 1 aromatic heterocycles. The van der Waals surface area contributed by atoms with Crippen molar-refractivity contribution in [1.29, 1.82) is 10.5 Å². The fraction of sp³-hybridized carbons (Fsp3) is 0. The molecule has 0 saturated heterocycles. The molecule has 0 aliphatic heterocycles. The summed E-state index contributed by atoms with van der Waals surface area (Å²) in [6.45, 7) is 0. The standard InChI is InChI=1S/C13H7ClN4O/c14-12-7-18-13(19)11-3-9(1-2-10(11)12)17-6-8(4-15)5-16/h1-3,6-7,17H,(H,18,19). The second kappa shape index (κ2) is 5.26. The molecule has 2 rings (SSSR count). The van der Waals surface area contributed by atoms with Crippen molar-refractivity contribution >= 4 is 28.1 Å². The molecule has 0 saturated carbocycles. The van der Waals surface area contributed by atoms with Crippen LogP contribution in [0, 0.1) is 22.7 Å². The Morgan fingerprint density at radius 1 is 1.32 bits per heavy atom. The van der Waals surface area contributed by atoms with E-state index >= 15 is 0 Å². The van der Waals surface area contributed by atoms with Crippen molar-refractivity contribution < 1.29 is 0 Å². The van der Waals surface area contributed by atoms with E-state index in [2.05, 4.69) is 10.3 Å². The Morgan fingerprint density at radius 3 is 2.74 bits per heavy atom. The molecule has 0 aliphatic carbocycles. The van der Waals surface area contributed by atoms with Crippen LogP contribution in [-0.4, -0.2) is 4.98 Å². The third-order valence-electron chi connectivity index (χ3n) is 2.48. The van der Waals surface area contributed by atoms with Crippen molar-refractivity contribution in [2.24, 2.45) is 0 Å². The molecule has 0 fully saturated rings. The first-order valence-electron chi connectivity index (χ1n) is 5.23. The number of aromatic nitrogens is 1. The molecule has 0 unspecified atom stereocenters. The average Bonchev–Trinajstić information content (AvgIpc) is 2.44. The fourth-order valence-electron chi connectivity index (χ4n) is 1.56. The van der Waals surface area contributed by atoms with Crippen LogP contribution >= 0.6 is 11.6 Å². The second-order valence-corrected chi connectivity index (χ2v) is 4.06. The minimum absolute atomic E-state index is 0.0555. The Kier molecular flexibility index (Phi) is 3.51. The van der Waals surface area contributed by atoms with Gasteiger partial charge >= 0.3 is 0 Å². The lowest BCUT2D eigenvalue weighted by atomic mass is 10.1. The number of hydrogen-bond acceptors (Lipinski definition) is 4. The van der Waals surface area contributed by atoms with Crippen molar-refractivity contribution in [1.82, 2.24) is 4.98 Å². The molecule has 0 spiro atoms.